The van der Waals surface area contributed by atoms with Gasteiger partial charge in [-0.25, -0.2) is 0 Å². The maximum atomic E-state index is 12.1. The number of nitrogens with zero attached hydrogens (tertiary/aromatic N) is 2. The van der Waals surface area contributed by atoms with Crippen LogP contribution >= 0.6 is 0 Å². The number of carbonyl (C=O) groups excluding carboxylic acids is 1. The fraction of sp³-hybridized carbons (Fsp3) is 0.545. The van der Waals surface area contributed by atoms with E-state index in [1.807, 2.05) is 6.92 Å². The second-order valence-corrected chi connectivity index (χ2v) is 4.48. The Balaban J connectivity index is 2.09. The Bertz CT molecular complexity index is 381. The number of nitrogens with one attached hydrogen (secondary N) is 1. The van der Waals surface area contributed by atoms with Gasteiger partial charge in [-0.3, -0.25) is 4.79 Å². The van der Waals surface area contributed by atoms with Gasteiger partial charge in [-0.1, -0.05) is 6.42 Å². The highest BCUT2D eigenvalue weighted by Crippen LogP contribution is 2.37. The number of hydrogen-bond donors (Lipinski definition) is 2. The van der Waals surface area contributed by atoms with Crippen LogP contribution in [0.3, 0.4) is 0 Å². The molecule has 5 heteroatoms. The summed E-state index contributed by atoms with van der Waals surface area (Å²) in [7, 11) is 0. The van der Waals surface area contributed by atoms with Crippen molar-refractivity contribution in [3.8, 4) is 0 Å². The molecule has 2 unspecified atom stereocenters. The summed E-state index contributed by atoms with van der Waals surface area (Å²) in [5.74, 6) is 0.422. The van der Waals surface area contributed by atoms with Crippen molar-refractivity contribution in [3.05, 3.63) is 18.3 Å². The molecular weight excluding hydrogens is 204 g/mol. The zero-order chi connectivity index (χ0) is 11.6. The molecule has 1 aromatic rings. The first kappa shape index (κ1) is 11.0. The Morgan fingerprint density at radius 3 is 3.06 bits per heavy atom. The van der Waals surface area contributed by atoms with E-state index in [1.54, 1.807) is 18.3 Å². The Hall–Kier alpha value is -1.49. The van der Waals surface area contributed by atoms with Crippen LogP contribution in [0.4, 0.5) is 5.82 Å². The van der Waals surface area contributed by atoms with Crippen LogP contribution in [0.25, 0.3) is 0 Å². The van der Waals surface area contributed by atoms with Gasteiger partial charge in [0.2, 0.25) is 5.91 Å². The summed E-state index contributed by atoms with van der Waals surface area (Å²) in [6, 6.07) is 3.39. The van der Waals surface area contributed by atoms with E-state index in [4.69, 9.17) is 5.73 Å². The Labute approximate surface area is 94.4 Å². The molecule has 16 heavy (non-hydrogen) atoms. The molecule has 0 aliphatic heterocycles. The number of hydrogen-bond acceptors (Lipinski definition) is 4. The average Bonchev–Trinajstić information content (AvgIpc) is 2.62. The number of nitrogens with two attached hydrogens (primary N) is 1. The minimum Gasteiger partial charge on any atom is -0.327 e. The van der Waals surface area contributed by atoms with Crippen molar-refractivity contribution >= 4 is 11.7 Å². The average molecular weight is 220 g/mol. The van der Waals surface area contributed by atoms with E-state index >= 15 is 0 Å². The zero-order valence-corrected chi connectivity index (χ0v) is 9.31. The highest BCUT2D eigenvalue weighted by molar-refractivity contribution is 5.95. The summed E-state index contributed by atoms with van der Waals surface area (Å²) in [4.78, 5) is 12.1. The predicted octanol–water partition coefficient (Wildman–Crippen LogP) is 0.933. The third-order valence-electron chi connectivity index (χ3n) is 3.36. The normalized spacial score (nSPS) is 29.0. The van der Waals surface area contributed by atoms with Gasteiger partial charge in [0.1, 0.15) is 0 Å². The number of amides is 1. The van der Waals surface area contributed by atoms with E-state index in [2.05, 4.69) is 15.5 Å². The van der Waals surface area contributed by atoms with Gasteiger partial charge in [0.15, 0.2) is 5.82 Å². The minimum absolute atomic E-state index is 0.0574. The monoisotopic (exact) mass is 220 g/mol. The molecular formula is C11H16N4O. The summed E-state index contributed by atoms with van der Waals surface area (Å²) in [5, 5.41) is 10.3. The smallest absolute Gasteiger partial charge is 0.233 e. The molecule has 1 fully saturated rings. The molecule has 2 rings (SSSR count). The summed E-state index contributed by atoms with van der Waals surface area (Å²) < 4.78 is 0. The molecule has 1 heterocycles. The zero-order valence-electron chi connectivity index (χ0n) is 9.31. The summed E-state index contributed by atoms with van der Waals surface area (Å²) in [6.45, 7) is 1.91. The topological polar surface area (TPSA) is 80.9 Å². The van der Waals surface area contributed by atoms with Gasteiger partial charge >= 0.3 is 0 Å². The molecule has 1 aliphatic rings. The lowest BCUT2D eigenvalue weighted by Gasteiger charge is -2.27. The van der Waals surface area contributed by atoms with Crippen LogP contribution in [-0.2, 0) is 4.79 Å². The number of anilines is 1. The number of aromatic nitrogens is 2. The van der Waals surface area contributed by atoms with Gasteiger partial charge in [-0.05, 0) is 31.9 Å². The highest BCUT2D eigenvalue weighted by Gasteiger charge is 2.43. The Morgan fingerprint density at radius 2 is 2.50 bits per heavy atom. The molecule has 0 aromatic carbocycles. The van der Waals surface area contributed by atoms with Crippen molar-refractivity contribution < 1.29 is 4.79 Å². The van der Waals surface area contributed by atoms with Crippen molar-refractivity contribution in [1.29, 1.82) is 0 Å². The van der Waals surface area contributed by atoms with Crippen LogP contribution in [0.15, 0.2) is 18.3 Å². The maximum absolute atomic E-state index is 12.1. The SMILES string of the molecule is CC1(C(=O)Nc2cccnn2)CCCC1N. The van der Waals surface area contributed by atoms with Gasteiger partial charge in [-0.15, -0.1) is 5.10 Å². The number of carbonyl (C=O) groups is 1. The molecule has 0 spiro atoms. The fourth-order valence-electron chi connectivity index (χ4n) is 2.10. The van der Waals surface area contributed by atoms with Gasteiger partial charge in [0.25, 0.3) is 0 Å². The molecule has 3 N–H and O–H groups in total. The molecule has 0 bridgehead atoms. The third kappa shape index (κ3) is 1.90. The minimum atomic E-state index is -0.475. The maximum Gasteiger partial charge on any atom is 0.233 e. The summed E-state index contributed by atoms with van der Waals surface area (Å²) >= 11 is 0. The first-order valence-electron chi connectivity index (χ1n) is 5.48. The van der Waals surface area contributed by atoms with Crippen molar-refractivity contribution in [2.24, 2.45) is 11.1 Å². The second-order valence-electron chi connectivity index (χ2n) is 4.48. The van der Waals surface area contributed by atoms with Gasteiger partial charge in [-0.2, -0.15) is 5.10 Å². The van der Waals surface area contributed by atoms with Crippen LogP contribution in [0, 0.1) is 5.41 Å². The van der Waals surface area contributed by atoms with Crippen molar-refractivity contribution in [2.75, 3.05) is 5.32 Å². The molecule has 1 aliphatic carbocycles. The van der Waals surface area contributed by atoms with E-state index in [0.29, 0.717) is 5.82 Å². The van der Waals surface area contributed by atoms with E-state index in [-0.39, 0.29) is 11.9 Å². The van der Waals surface area contributed by atoms with Gasteiger partial charge in [0, 0.05) is 12.2 Å². The van der Waals surface area contributed by atoms with Gasteiger partial charge < -0.3 is 11.1 Å². The van der Waals surface area contributed by atoms with Crippen LogP contribution in [0.1, 0.15) is 26.2 Å². The van der Waals surface area contributed by atoms with Crippen molar-refractivity contribution in [2.45, 2.75) is 32.2 Å². The predicted molar refractivity (Wildman–Crippen MR) is 60.6 cm³/mol. The van der Waals surface area contributed by atoms with E-state index in [1.165, 1.54) is 0 Å². The highest BCUT2D eigenvalue weighted by atomic mass is 16.2. The second kappa shape index (κ2) is 4.17. The first-order chi connectivity index (χ1) is 7.63. The lowest BCUT2D eigenvalue weighted by atomic mass is 9.84. The van der Waals surface area contributed by atoms with Crippen LogP contribution < -0.4 is 11.1 Å². The van der Waals surface area contributed by atoms with Crippen LogP contribution in [0.2, 0.25) is 0 Å². The summed E-state index contributed by atoms with van der Waals surface area (Å²) in [5.41, 5.74) is 5.50. The summed E-state index contributed by atoms with van der Waals surface area (Å²) in [6.07, 6.45) is 4.31. The Kier molecular flexibility index (Phi) is 2.87. The van der Waals surface area contributed by atoms with E-state index in [0.717, 1.165) is 19.3 Å². The fourth-order valence-corrected chi connectivity index (χ4v) is 2.10. The van der Waals surface area contributed by atoms with E-state index in [9.17, 15) is 4.79 Å². The molecule has 0 saturated heterocycles. The standard InChI is InChI=1S/C11H16N4O/c1-11(6-2-4-8(11)12)10(16)14-9-5-3-7-13-15-9/h3,5,7-8H,2,4,6,12H2,1H3,(H,14,15,16). The molecule has 1 aromatic heterocycles. The molecule has 5 nitrogen and oxygen atoms in total. The van der Waals surface area contributed by atoms with Crippen LogP contribution in [-0.4, -0.2) is 22.1 Å². The molecule has 1 saturated carbocycles. The third-order valence-corrected chi connectivity index (χ3v) is 3.36. The quantitative estimate of drug-likeness (QED) is 0.777. The van der Waals surface area contributed by atoms with Crippen LogP contribution in [0.5, 0.6) is 0 Å². The lowest BCUT2D eigenvalue weighted by Crippen LogP contribution is -2.44. The Morgan fingerprint density at radius 1 is 1.69 bits per heavy atom. The van der Waals surface area contributed by atoms with Crippen molar-refractivity contribution in [3.63, 3.8) is 0 Å². The lowest BCUT2D eigenvalue weighted by molar-refractivity contribution is -0.125. The molecule has 86 valence electrons. The van der Waals surface area contributed by atoms with Gasteiger partial charge in [0.05, 0.1) is 5.41 Å². The molecule has 2 atom stereocenters. The molecule has 1 amide bonds. The number of rotatable bonds is 2. The largest absolute Gasteiger partial charge is 0.327 e. The molecule has 0 radical (unpaired) electrons. The first-order valence-corrected chi connectivity index (χ1v) is 5.48. The van der Waals surface area contributed by atoms with Crippen molar-refractivity contribution in [1.82, 2.24) is 10.2 Å². The van der Waals surface area contributed by atoms with E-state index < -0.39 is 5.41 Å².